The standard InChI is InChI=1S/C29H31N3O6S/c1-17(2)26(29(34)37-5)32-39(35,36)22-15-11-20(12-16-22)19-9-13-21(14-10-19)31-28(33)27-18(3)25-23(30-4)7-6-8-24(25)38-27/h6-17,26,30,32H,1-5H3,(H,31,33). The van der Waals surface area contributed by atoms with Crippen LogP contribution in [-0.2, 0) is 19.6 Å². The molecule has 4 rings (SSSR count). The first kappa shape index (κ1) is 27.9. The largest absolute Gasteiger partial charge is 0.468 e. The number of amides is 1. The summed E-state index contributed by atoms with van der Waals surface area (Å²) in [7, 11) is -0.896. The molecule has 0 bridgehead atoms. The van der Waals surface area contributed by atoms with E-state index >= 15 is 0 Å². The number of hydrogen-bond acceptors (Lipinski definition) is 7. The number of rotatable bonds is 9. The van der Waals surface area contributed by atoms with Crippen molar-refractivity contribution < 1.29 is 27.2 Å². The number of ether oxygens (including phenoxy) is 1. The van der Waals surface area contributed by atoms with E-state index in [0.717, 1.165) is 27.8 Å². The molecule has 3 N–H and O–H groups in total. The van der Waals surface area contributed by atoms with Crippen LogP contribution in [0.5, 0.6) is 0 Å². The molecule has 0 aliphatic rings. The number of aryl methyl sites for hydroxylation is 1. The molecule has 1 unspecified atom stereocenters. The second kappa shape index (κ2) is 11.3. The fourth-order valence-corrected chi connectivity index (χ4v) is 5.64. The Bertz CT molecular complexity index is 1610. The summed E-state index contributed by atoms with van der Waals surface area (Å²) >= 11 is 0. The molecular formula is C29H31N3O6S. The smallest absolute Gasteiger partial charge is 0.324 e. The van der Waals surface area contributed by atoms with E-state index < -0.39 is 22.0 Å². The quantitative estimate of drug-likeness (QED) is 0.246. The number of carbonyl (C=O) groups is 2. The van der Waals surface area contributed by atoms with Gasteiger partial charge in [-0.05, 0) is 60.4 Å². The highest BCUT2D eigenvalue weighted by Crippen LogP contribution is 2.32. The fourth-order valence-electron chi connectivity index (χ4n) is 4.31. The lowest BCUT2D eigenvalue weighted by Crippen LogP contribution is -2.44. The minimum atomic E-state index is -3.93. The zero-order valence-corrected chi connectivity index (χ0v) is 23.2. The van der Waals surface area contributed by atoms with Gasteiger partial charge < -0.3 is 19.8 Å². The predicted molar refractivity (Wildman–Crippen MR) is 151 cm³/mol. The summed E-state index contributed by atoms with van der Waals surface area (Å²) in [6.45, 7) is 5.32. The first-order valence-corrected chi connectivity index (χ1v) is 13.9. The molecule has 1 amide bonds. The Balaban J connectivity index is 1.48. The summed E-state index contributed by atoms with van der Waals surface area (Å²) in [5.74, 6) is -1.04. The van der Waals surface area contributed by atoms with Crippen LogP contribution in [-0.4, -0.2) is 40.5 Å². The minimum Gasteiger partial charge on any atom is -0.468 e. The number of anilines is 2. The van der Waals surface area contributed by atoms with Crippen molar-refractivity contribution in [1.82, 2.24) is 4.72 Å². The van der Waals surface area contributed by atoms with Crippen molar-refractivity contribution in [2.45, 2.75) is 31.7 Å². The zero-order chi connectivity index (χ0) is 28.3. The van der Waals surface area contributed by atoms with E-state index in [0.29, 0.717) is 11.3 Å². The molecule has 10 heteroatoms. The number of hydrogen-bond donors (Lipinski definition) is 3. The van der Waals surface area contributed by atoms with Crippen LogP contribution in [0.4, 0.5) is 11.4 Å². The number of benzene rings is 3. The number of furan rings is 1. The predicted octanol–water partition coefficient (Wildman–Crippen LogP) is 5.18. The van der Waals surface area contributed by atoms with Gasteiger partial charge in [0.1, 0.15) is 11.6 Å². The van der Waals surface area contributed by atoms with E-state index in [-0.39, 0.29) is 22.5 Å². The molecule has 0 spiro atoms. The monoisotopic (exact) mass is 549 g/mol. The molecule has 1 heterocycles. The number of nitrogens with one attached hydrogen (secondary N) is 3. The summed E-state index contributed by atoms with van der Waals surface area (Å²) in [4.78, 5) is 25.0. The van der Waals surface area contributed by atoms with Crippen LogP contribution in [0, 0.1) is 12.8 Å². The summed E-state index contributed by atoms with van der Waals surface area (Å²) in [5.41, 5.74) is 4.47. The number of methoxy groups -OCH3 is 1. The molecule has 0 aliphatic carbocycles. The molecule has 1 aromatic heterocycles. The second-order valence-corrected chi connectivity index (χ2v) is 11.1. The Morgan fingerprint density at radius 1 is 0.923 bits per heavy atom. The normalized spacial score (nSPS) is 12.4. The summed E-state index contributed by atoms with van der Waals surface area (Å²) in [6, 6.07) is 18.1. The molecule has 1 atom stereocenters. The Kier molecular flexibility index (Phi) is 8.08. The van der Waals surface area contributed by atoms with Crippen molar-refractivity contribution in [3.05, 3.63) is 78.1 Å². The van der Waals surface area contributed by atoms with E-state index in [1.54, 1.807) is 38.1 Å². The molecule has 3 aromatic carbocycles. The van der Waals surface area contributed by atoms with E-state index in [1.807, 2.05) is 44.3 Å². The van der Waals surface area contributed by atoms with E-state index in [9.17, 15) is 18.0 Å². The maximum absolute atomic E-state index is 13.0. The van der Waals surface area contributed by atoms with Crippen molar-refractivity contribution >= 4 is 44.2 Å². The van der Waals surface area contributed by atoms with Gasteiger partial charge in [0, 0.05) is 29.4 Å². The Morgan fingerprint density at radius 2 is 1.54 bits per heavy atom. The van der Waals surface area contributed by atoms with Gasteiger partial charge in [0.2, 0.25) is 10.0 Å². The van der Waals surface area contributed by atoms with Gasteiger partial charge in [-0.25, -0.2) is 8.42 Å². The van der Waals surface area contributed by atoms with Crippen LogP contribution in [0.1, 0.15) is 30.0 Å². The van der Waals surface area contributed by atoms with E-state index in [2.05, 4.69) is 15.4 Å². The van der Waals surface area contributed by atoms with Crippen LogP contribution in [0.15, 0.2) is 76.0 Å². The highest BCUT2D eigenvalue weighted by Gasteiger charge is 2.29. The van der Waals surface area contributed by atoms with Crippen molar-refractivity contribution in [2.75, 3.05) is 24.8 Å². The van der Waals surface area contributed by atoms with Crippen molar-refractivity contribution in [1.29, 1.82) is 0 Å². The average molecular weight is 550 g/mol. The third kappa shape index (κ3) is 5.81. The molecule has 4 aromatic rings. The van der Waals surface area contributed by atoms with Gasteiger partial charge >= 0.3 is 5.97 Å². The second-order valence-electron chi connectivity index (χ2n) is 9.41. The van der Waals surface area contributed by atoms with Gasteiger partial charge in [-0.2, -0.15) is 4.72 Å². The van der Waals surface area contributed by atoms with Crippen LogP contribution in [0.25, 0.3) is 22.1 Å². The molecule has 9 nitrogen and oxygen atoms in total. The molecule has 204 valence electrons. The van der Waals surface area contributed by atoms with Crippen molar-refractivity contribution in [3.63, 3.8) is 0 Å². The number of sulfonamides is 1. The van der Waals surface area contributed by atoms with Gasteiger partial charge in [-0.1, -0.05) is 44.2 Å². The third-order valence-electron chi connectivity index (χ3n) is 6.47. The summed E-state index contributed by atoms with van der Waals surface area (Å²) in [6.07, 6.45) is 0. The van der Waals surface area contributed by atoms with Gasteiger partial charge in [-0.3, -0.25) is 9.59 Å². The van der Waals surface area contributed by atoms with Crippen molar-refractivity contribution in [3.8, 4) is 11.1 Å². The summed E-state index contributed by atoms with van der Waals surface area (Å²) in [5, 5.41) is 6.85. The lowest BCUT2D eigenvalue weighted by Gasteiger charge is -2.19. The van der Waals surface area contributed by atoms with Gasteiger partial charge in [0.25, 0.3) is 5.91 Å². The summed E-state index contributed by atoms with van der Waals surface area (Å²) < 4.78 is 38.6. The number of carbonyl (C=O) groups excluding carboxylic acids is 2. The number of fused-ring (bicyclic) bond motifs is 1. The first-order valence-electron chi connectivity index (χ1n) is 12.4. The SMILES string of the molecule is CNc1cccc2oc(C(=O)Nc3ccc(-c4ccc(S(=O)(=O)NC(C(=O)OC)C(C)C)cc4)cc3)c(C)c12. The first-order chi connectivity index (χ1) is 18.6. The Labute approximate surface area is 227 Å². The average Bonchev–Trinajstić information content (AvgIpc) is 3.28. The van der Waals surface area contributed by atoms with Crippen LogP contribution in [0.3, 0.4) is 0 Å². The van der Waals surface area contributed by atoms with Gasteiger partial charge in [0.05, 0.1) is 12.0 Å². The molecule has 0 aliphatic heterocycles. The molecule has 0 fully saturated rings. The highest BCUT2D eigenvalue weighted by atomic mass is 32.2. The van der Waals surface area contributed by atoms with Crippen molar-refractivity contribution in [2.24, 2.45) is 5.92 Å². The fraction of sp³-hybridized carbons (Fsp3) is 0.241. The lowest BCUT2D eigenvalue weighted by molar-refractivity contribution is -0.143. The van der Waals surface area contributed by atoms with Crippen LogP contribution in [0.2, 0.25) is 0 Å². The van der Waals surface area contributed by atoms with Crippen LogP contribution >= 0.6 is 0 Å². The highest BCUT2D eigenvalue weighted by molar-refractivity contribution is 7.89. The minimum absolute atomic E-state index is 0.0346. The molecule has 0 saturated carbocycles. The van der Waals surface area contributed by atoms with Crippen LogP contribution < -0.4 is 15.4 Å². The van der Waals surface area contributed by atoms with E-state index in [1.165, 1.54) is 19.2 Å². The van der Waals surface area contributed by atoms with Gasteiger partial charge in [0.15, 0.2) is 5.76 Å². The number of esters is 1. The maximum atomic E-state index is 13.0. The Morgan fingerprint density at radius 3 is 2.10 bits per heavy atom. The van der Waals surface area contributed by atoms with E-state index in [4.69, 9.17) is 9.15 Å². The zero-order valence-electron chi connectivity index (χ0n) is 22.4. The third-order valence-corrected chi connectivity index (χ3v) is 7.93. The molecule has 0 saturated heterocycles. The maximum Gasteiger partial charge on any atom is 0.324 e. The molecule has 39 heavy (non-hydrogen) atoms. The van der Waals surface area contributed by atoms with Gasteiger partial charge in [-0.15, -0.1) is 0 Å². The molecule has 0 radical (unpaired) electrons. The molecular weight excluding hydrogens is 518 g/mol. The lowest BCUT2D eigenvalue weighted by atomic mass is 10.1. The Hall–Kier alpha value is -4.15. The topological polar surface area (TPSA) is 127 Å².